The average Bonchev–Trinajstić information content (AvgIpc) is 2.29. The third-order valence-electron chi connectivity index (χ3n) is 2.54. The summed E-state index contributed by atoms with van der Waals surface area (Å²) in [6.45, 7) is 6.51. The van der Waals surface area contributed by atoms with Gasteiger partial charge in [0.15, 0.2) is 0 Å². The molecule has 0 saturated carbocycles. The predicted molar refractivity (Wildman–Crippen MR) is 84.6 cm³/mol. The predicted octanol–water partition coefficient (Wildman–Crippen LogP) is 3.28. The van der Waals surface area contributed by atoms with Crippen LogP contribution in [0.15, 0.2) is 6.07 Å². The molecule has 112 valence electrons. The molecular formula is C13H20Cl2N4O. The maximum atomic E-state index is 11.0. The fraction of sp³-hybridized carbons (Fsp3) is 0.538. The van der Waals surface area contributed by atoms with E-state index in [1.54, 1.807) is 6.07 Å². The molecule has 0 aromatic carbocycles. The molecule has 7 heteroatoms. The molecule has 1 aromatic rings. The summed E-state index contributed by atoms with van der Waals surface area (Å²) in [6, 6.07) is 1.62. The van der Waals surface area contributed by atoms with E-state index in [1.165, 1.54) is 0 Å². The molecule has 5 nitrogen and oxygen atoms in total. The first-order chi connectivity index (χ1) is 9.25. The van der Waals surface area contributed by atoms with Crippen molar-refractivity contribution in [1.29, 1.82) is 0 Å². The van der Waals surface area contributed by atoms with Gasteiger partial charge in [-0.05, 0) is 26.3 Å². The highest BCUT2D eigenvalue weighted by molar-refractivity contribution is 6.37. The van der Waals surface area contributed by atoms with E-state index in [0.29, 0.717) is 21.7 Å². The van der Waals surface area contributed by atoms with Crippen LogP contribution in [0.25, 0.3) is 0 Å². The van der Waals surface area contributed by atoms with E-state index in [-0.39, 0.29) is 6.42 Å². The second-order valence-corrected chi connectivity index (χ2v) is 6.04. The van der Waals surface area contributed by atoms with Crippen molar-refractivity contribution in [2.24, 2.45) is 5.73 Å². The van der Waals surface area contributed by atoms with Gasteiger partial charge in [-0.25, -0.2) is 4.98 Å². The van der Waals surface area contributed by atoms with E-state index in [1.807, 2.05) is 20.8 Å². The molecule has 0 saturated heterocycles. The normalized spacial score (nSPS) is 11.2. The fourth-order valence-electron chi connectivity index (χ4n) is 1.72. The molecule has 0 aliphatic rings. The van der Waals surface area contributed by atoms with Crippen LogP contribution in [0.3, 0.4) is 0 Å². The van der Waals surface area contributed by atoms with E-state index >= 15 is 0 Å². The van der Waals surface area contributed by atoms with Gasteiger partial charge in [0.2, 0.25) is 5.91 Å². The summed E-state index contributed by atoms with van der Waals surface area (Å²) in [6.07, 6.45) is 1.13. The third-order valence-corrected chi connectivity index (χ3v) is 3.12. The van der Waals surface area contributed by atoms with Crippen LogP contribution in [0.4, 0.5) is 11.6 Å². The van der Waals surface area contributed by atoms with Crippen LogP contribution in [-0.2, 0) is 4.79 Å². The minimum absolute atomic E-state index is 0.172. The Labute approximate surface area is 129 Å². The number of aromatic nitrogens is 1. The Bertz CT molecular complexity index is 492. The van der Waals surface area contributed by atoms with Crippen molar-refractivity contribution in [2.45, 2.75) is 39.2 Å². The molecule has 1 amide bonds. The number of hydrogen-bond acceptors (Lipinski definition) is 4. The van der Waals surface area contributed by atoms with Gasteiger partial charge in [-0.2, -0.15) is 0 Å². The van der Waals surface area contributed by atoms with Gasteiger partial charge in [-0.3, -0.25) is 4.79 Å². The van der Waals surface area contributed by atoms with Gasteiger partial charge in [0.1, 0.15) is 11.6 Å². The maximum absolute atomic E-state index is 11.0. The number of amides is 1. The number of anilines is 2. The second-order valence-electron chi connectivity index (χ2n) is 5.23. The number of hydrogen-bond donors (Lipinski definition) is 3. The Morgan fingerprint density at radius 2 is 1.95 bits per heavy atom. The van der Waals surface area contributed by atoms with Gasteiger partial charge in [0, 0.05) is 18.5 Å². The first-order valence-corrected chi connectivity index (χ1v) is 7.17. The topological polar surface area (TPSA) is 80.0 Å². The quantitative estimate of drug-likeness (QED) is 0.720. The van der Waals surface area contributed by atoms with Crippen molar-refractivity contribution >= 4 is 40.7 Å². The molecule has 0 bridgehead atoms. The van der Waals surface area contributed by atoms with Crippen LogP contribution < -0.4 is 16.4 Å². The van der Waals surface area contributed by atoms with Crippen molar-refractivity contribution in [1.82, 2.24) is 4.98 Å². The highest BCUT2D eigenvalue weighted by Gasteiger charge is 2.22. The maximum Gasteiger partial charge on any atom is 0.219 e. The number of pyridine rings is 1. The van der Waals surface area contributed by atoms with Gasteiger partial charge >= 0.3 is 0 Å². The number of primary amides is 1. The second kappa shape index (κ2) is 6.99. The number of halogens is 2. The summed E-state index contributed by atoms with van der Waals surface area (Å²) >= 11 is 12.2. The van der Waals surface area contributed by atoms with Crippen molar-refractivity contribution < 1.29 is 4.79 Å². The van der Waals surface area contributed by atoms with E-state index in [4.69, 9.17) is 28.9 Å². The zero-order valence-electron chi connectivity index (χ0n) is 11.9. The van der Waals surface area contributed by atoms with Crippen molar-refractivity contribution in [3.05, 3.63) is 16.1 Å². The summed E-state index contributed by atoms with van der Waals surface area (Å²) in [5.74, 6) is 0.646. The Morgan fingerprint density at radius 1 is 1.35 bits per heavy atom. The molecule has 1 aromatic heterocycles. The van der Waals surface area contributed by atoms with Crippen molar-refractivity contribution in [3.63, 3.8) is 0 Å². The largest absolute Gasteiger partial charge is 0.370 e. The Kier molecular flexibility index (Phi) is 5.89. The summed E-state index contributed by atoms with van der Waals surface area (Å²) in [5.41, 5.74) is 4.68. The highest BCUT2D eigenvalue weighted by Crippen LogP contribution is 2.31. The molecule has 0 spiro atoms. The lowest BCUT2D eigenvalue weighted by Crippen LogP contribution is -2.36. The molecule has 0 aliphatic heterocycles. The van der Waals surface area contributed by atoms with Crippen LogP contribution >= 0.6 is 23.2 Å². The molecule has 20 heavy (non-hydrogen) atoms. The molecule has 0 aliphatic carbocycles. The lowest BCUT2D eigenvalue weighted by atomic mass is 10.0. The van der Waals surface area contributed by atoms with Crippen LogP contribution in [0.2, 0.25) is 10.0 Å². The minimum Gasteiger partial charge on any atom is -0.370 e. The lowest BCUT2D eigenvalue weighted by molar-refractivity contribution is -0.118. The van der Waals surface area contributed by atoms with E-state index in [2.05, 4.69) is 15.6 Å². The summed E-state index contributed by atoms with van der Waals surface area (Å²) in [7, 11) is 0. The lowest BCUT2D eigenvalue weighted by Gasteiger charge is -2.26. The van der Waals surface area contributed by atoms with Crippen LogP contribution in [0, 0.1) is 0 Å². The first-order valence-electron chi connectivity index (χ1n) is 6.41. The SMILES string of the molecule is CCCNc1nc(NC(C)(C)CC(N)=O)c(Cl)cc1Cl. The van der Waals surface area contributed by atoms with Crippen LogP contribution in [0.1, 0.15) is 33.6 Å². The standard InChI is InChI=1S/C13H20Cl2N4O/c1-4-5-17-11-8(14)6-9(15)12(18-11)19-13(2,3)7-10(16)20/h6H,4-5,7H2,1-3H3,(H2,16,20)(H2,17,18,19). The van der Waals surface area contributed by atoms with Gasteiger partial charge in [0.25, 0.3) is 0 Å². The Morgan fingerprint density at radius 3 is 2.50 bits per heavy atom. The summed E-state index contributed by atoms with van der Waals surface area (Å²) in [5, 5.41) is 7.10. The number of carbonyl (C=O) groups excluding carboxylic acids is 1. The van der Waals surface area contributed by atoms with E-state index in [9.17, 15) is 4.79 Å². The minimum atomic E-state index is -0.543. The highest BCUT2D eigenvalue weighted by atomic mass is 35.5. The van der Waals surface area contributed by atoms with E-state index < -0.39 is 11.4 Å². The molecule has 0 atom stereocenters. The Hall–Kier alpha value is -1.20. The van der Waals surface area contributed by atoms with Gasteiger partial charge in [-0.1, -0.05) is 30.1 Å². The monoisotopic (exact) mass is 318 g/mol. The zero-order valence-corrected chi connectivity index (χ0v) is 13.4. The summed E-state index contributed by atoms with van der Waals surface area (Å²) < 4.78 is 0. The number of rotatable bonds is 7. The number of nitrogens with two attached hydrogens (primary N) is 1. The molecule has 0 fully saturated rings. The smallest absolute Gasteiger partial charge is 0.219 e. The molecule has 1 heterocycles. The molecule has 0 radical (unpaired) electrons. The molecule has 1 rings (SSSR count). The van der Waals surface area contributed by atoms with Crippen molar-refractivity contribution in [2.75, 3.05) is 17.2 Å². The number of nitrogens with zero attached hydrogens (tertiary/aromatic N) is 1. The van der Waals surface area contributed by atoms with Crippen LogP contribution in [-0.4, -0.2) is 23.0 Å². The van der Waals surface area contributed by atoms with E-state index in [0.717, 1.165) is 13.0 Å². The summed E-state index contributed by atoms with van der Waals surface area (Å²) in [4.78, 5) is 15.4. The van der Waals surface area contributed by atoms with Gasteiger partial charge in [-0.15, -0.1) is 0 Å². The fourth-order valence-corrected chi connectivity index (χ4v) is 2.19. The first kappa shape index (κ1) is 16.9. The molecule has 4 N–H and O–H groups in total. The van der Waals surface area contributed by atoms with Gasteiger partial charge < -0.3 is 16.4 Å². The number of nitrogens with one attached hydrogen (secondary N) is 2. The zero-order chi connectivity index (χ0) is 15.3. The van der Waals surface area contributed by atoms with Crippen LogP contribution in [0.5, 0.6) is 0 Å². The third kappa shape index (κ3) is 5.06. The average molecular weight is 319 g/mol. The van der Waals surface area contributed by atoms with Gasteiger partial charge in [0.05, 0.1) is 10.0 Å². The Balaban J connectivity index is 2.96. The van der Waals surface area contributed by atoms with Crippen molar-refractivity contribution in [3.8, 4) is 0 Å². The molecular weight excluding hydrogens is 299 g/mol. The number of carbonyl (C=O) groups is 1. The molecule has 0 unspecified atom stereocenters.